The summed E-state index contributed by atoms with van der Waals surface area (Å²) >= 11 is 0. The number of benzene rings is 1. The average Bonchev–Trinajstić information content (AvgIpc) is 3.57. The van der Waals surface area contributed by atoms with Gasteiger partial charge in [-0.1, -0.05) is 0 Å². The van der Waals surface area contributed by atoms with Gasteiger partial charge in [0.15, 0.2) is 5.78 Å². The average molecular weight is 589 g/mol. The molecule has 4 heterocycles. The molecule has 0 amide bonds. The second-order valence-electron chi connectivity index (χ2n) is 10.5. The summed E-state index contributed by atoms with van der Waals surface area (Å²) in [6.45, 7) is -0.139. The molecular weight excluding hydrogens is 564 g/mol. The van der Waals surface area contributed by atoms with Crippen molar-refractivity contribution in [2.24, 2.45) is 18.4 Å². The number of carbonyl (C=O) groups excluding carboxylic acids is 1. The van der Waals surface area contributed by atoms with E-state index in [1.807, 2.05) is 0 Å². The van der Waals surface area contributed by atoms with Crippen molar-refractivity contribution in [3.8, 4) is 5.69 Å². The maximum absolute atomic E-state index is 14.2. The lowest BCUT2D eigenvalue weighted by Crippen LogP contribution is -2.57. The molecule has 1 aromatic carbocycles. The highest BCUT2D eigenvalue weighted by Crippen LogP contribution is 2.48. The van der Waals surface area contributed by atoms with E-state index in [-0.39, 0.29) is 36.5 Å². The fourth-order valence-corrected chi connectivity index (χ4v) is 7.47. The SMILES string of the molecule is Cn1cc(S(=O)(=O)N2CCC3Cc4c(cnn4-c4ccc(F)cc4)CC3(C(=O)c3cc(C(F)(F)F)ccn3)C2)cn1. The molecule has 6 rings (SSSR count). The van der Waals surface area contributed by atoms with E-state index in [0.29, 0.717) is 17.7 Å². The maximum Gasteiger partial charge on any atom is 0.416 e. The minimum absolute atomic E-state index is 0.0427. The number of rotatable bonds is 5. The van der Waals surface area contributed by atoms with Crippen molar-refractivity contribution in [2.45, 2.75) is 30.3 Å². The Morgan fingerprint density at radius 3 is 2.54 bits per heavy atom. The summed E-state index contributed by atoms with van der Waals surface area (Å²) in [7, 11) is -2.47. The van der Waals surface area contributed by atoms with Gasteiger partial charge < -0.3 is 0 Å². The van der Waals surface area contributed by atoms with Crippen molar-refractivity contribution in [1.29, 1.82) is 0 Å². The van der Waals surface area contributed by atoms with Crippen LogP contribution in [0.1, 0.15) is 33.7 Å². The van der Waals surface area contributed by atoms with Gasteiger partial charge >= 0.3 is 6.18 Å². The van der Waals surface area contributed by atoms with Crippen LogP contribution in [0.25, 0.3) is 5.69 Å². The van der Waals surface area contributed by atoms with Crippen LogP contribution in [0.2, 0.25) is 0 Å². The number of Topliss-reactive ketones (excluding diaryl/α,β-unsaturated/α-hetero) is 1. The number of piperidine rings is 1. The number of fused-ring (bicyclic) bond motifs is 2. The minimum atomic E-state index is -4.69. The number of hydrogen-bond donors (Lipinski definition) is 0. The van der Waals surface area contributed by atoms with Gasteiger partial charge in [-0.3, -0.25) is 14.5 Å². The minimum Gasteiger partial charge on any atom is -0.292 e. The molecule has 41 heavy (non-hydrogen) atoms. The standard InChI is InChI=1S/C27H24F4N6O3S/c1-35-15-22(14-33-35)41(39,40)36-9-7-18-11-24-17(13-34-37(24)21-4-2-20(28)3-5-21)12-26(18,16-36)25(38)23-10-19(6-8-32-23)27(29,30)31/h2-6,8,10,13-15,18H,7,9,11-12,16H2,1H3. The van der Waals surface area contributed by atoms with Crippen LogP contribution in [0.15, 0.2) is 66.1 Å². The molecule has 0 N–H and O–H groups in total. The van der Waals surface area contributed by atoms with E-state index < -0.39 is 44.7 Å². The Labute approximate surface area is 232 Å². The second-order valence-corrected chi connectivity index (χ2v) is 12.4. The summed E-state index contributed by atoms with van der Waals surface area (Å²) in [5, 5.41) is 8.41. The molecule has 2 aliphatic rings. The van der Waals surface area contributed by atoms with E-state index in [1.165, 1.54) is 33.5 Å². The first-order valence-corrected chi connectivity index (χ1v) is 14.2. The Hall–Kier alpha value is -3.91. The maximum atomic E-state index is 14.2. The summed E-state index contributed by atoms with van der Waals surface area (Å²) in [6, 6.07) is 7.27. The molecule has 14 heteroatoms. The fourth-order valence-electron chi connectivity index (χ4n) is 5.96. The lowest BCUT2D eigenvalue weighted by Gasteiger charge is -2.49. The molecule has 1 aliphatic heterocycles. The monoisotopic (exact) mass is 588 g/mol. The molecule has 0 bridgehead atoms. The molecule has 1 saturated heterocycles. The van der Waals surface area contributed by atoms with Crippen molar-refractivity contribution in [3.05, 3.63) is 89.5 Å². The topological polar surface area (TPSA) is 103 Å². The van der Waals surface area contributed by atoms with E-state index in [0.717, 1.165) is 24.0 Å². The van der Waals surface area contributed by atoms with Crippen molar-refractivity contribution in [3.63, 3.8) is 0 Å². The number of nitrogens with zero attached hydrogens (tertiary/aromatic N) is 6. The molecule has 3 aromatic heterocycles. The van der Waals surface area contributed by atoms with Crippen LogP contribution in [0.4, 0.5) is 17.6 Å². The zero-order valence-electron chi connectivity index (χ0n) is 21.7. The summed E-state index contributed by atoms with van der Waals surface area (Å²) in [5.41, 5.74) is -0.728. The van der Waals surface area contributed by atoms with Gasteiger partial charge in [-0.25, -0.2) is 17.5 Å². The lowest BCUT2D eigenvalue weighted by atomic mass is 9.60. The van der Waals surface area contributed by atoms with Crippen molar-refractivity contribution >= 4 is 15.8 Å². The first-order valence-electron chi connectivity index (χ1n) is 12.8. The van der Waals surface area contributed by atoms with Gasteiger partial charge in [-0.05, 0) is 67.1 Å². The molecule has 2 unspecified atom stereocenters. The van der Waals surface area contributed by atoms with Gasteiger partial charge in [-0.15, -0.1) is 0 Å². The number of pyridine rings is 1. The highest BCUT2D eigenvalue weighted by Gasteiger charge is 2.55. The van der Waals surface area contributed by atoms with Crippen LogP contribution < -0.4 is 0 Å². The van der Waals surface area contributed by atoms with E-state index >= 15 is 0 Å². The quantitative estimate of drug-likeness (QED) is 0.259. The summed E-state index contributed by atoms with van der Waals surface area (Å²) in [6.07, 6.45) is 1.03. The third kappa shape index (κ3) is 4.64. The molecule has 0 saturated carbocycles. The van der Waals surface area contributed by atoms with Gasteiger partial charge in [0, 0.05) is 38.2 Å². The Kier molecular flexibility index (Phi) is 6.37. The molecule has 1 aliphatic carbocycles. The largest absolute Gasteiger partial charge is 0.416 e. The van der Waals surface area contributed by atoms with Crippen LogP contribution >= 0.6 is 0 Å². The van der Waals surface area contributed by atoms with Gasteiger partial charge in [0.2, 0.25) is 10.0 Å². The number of hydrogen-bond acceptors (Lipinski definition) is 6. The third-order valence-electron chi connectivity index (χ3n) is 8.03. The summed E-state index contributed by atoms with van der Waals surface area (Å²) in [4.78, 5) is 18.2. The Morgan fingerprint density at radius 1 is 1.10 bits per heavy atom. The third-order valence-corrected chi connectivity index (χ3v) is 9.83. The number of alkyl halides is 3. The number of aryl methyl sites for hydroxylation is 1. The molecular formula is C27H24F4N6O3S. The lowest BCUT2D eigenvalue weighted by molar-refractivity contribution is -0.137. The predicted octanol–water partition coefficient (Wildman–Crippen LogP) is 3.84. The molecule has 0 radical (unpaired) electrons. The zero-order chi connectivity index (χ0) is 29.2. The van der Waals surface area contributed by atoms with Crippen LogP contribution in [-0.4, -0.2) is 56.1 Å². The molecule has 214 valence electrons. The van der Waals surface area contributed by atoms with Crippen molar-refractivity contribution in [2.75, 3.05) is 13.1 Å². The van der Waals surface area contributed by atoms with Gasteiger partial charge in [-0.2, -0.15) is 27.7 Å². The highest BCUT2D eigenvalue weighted by molar-refractivity contribution is 7.89. The zero-order valence-corrected chi connectivity index (χ0v) is 22.5. The number of carbonyl (C=O) groups is 1. The first-order chi connectivity index (χ1) is 19.4. The van der Waals surface area contributed by atoms with Crippen molar-refractivity contribution < 1.29 is 30.8 Å². The molecule has 4 aromatic rings. The van der Waals surface area contributed by atoms with Gasteiger partial charge in [0.25, 0.3) is 0 Å². The predicted molar refractivity (Wildman–Crippen MR) is 137 cm³/mol. The normalized spacial score (nSPS) is 21.3. The van der Waals surface area contributed by atoms with Crippen LogP contribution in [0.5, 0.6) is 0 Å². The summed E-state index contributed by atoms with van der Waals surface area (Å²) in [5.74, 6) is -1.48. The summed E-state index contributed by atoms with van der Waals surface area (Å²) < 4.78 is 85.5. The van der Waals surface area contributed by atoms with E-state index in [2.05, 4.69) is 15.2 Å². The molecule has 1 fully saturated rings. The van der Waals surface area contributed by atoms with Gasteiger partial charge in [0.1, 0.15) is 16.4 Å². The fraction of sp³-hybridized carbons (Fsp3) is 0.333. The van der Waals surface area contributed by atoms with Crippen LogP contribution in [0.3, 0.4) is 0 Å². The molecule has 2 atom stereocenters. The van der Waals surface area contributed by atoms with E-state index in [1.54, 1.807) is 30.1 Å². The Morgan fingerprint density at radius 2 is 1.85 bits per heavy atom. The van der Waals surface area contributed by atoms with Crippen LogP contribution in [-0.2, 0) is 36.1 Å². The smallest absolute Gasteiger partial charge is 0.292 e. The van der Waals surface area contributed by atoms with Crippen LogP contribution in [0, 0.1) is 17.2 Å². The Balaban J connectivity index is 1.44. The highest BCUT2D eigenvalue weighted by atomic mass is 32.2. The van der Waals surface area contributed by atoms with E-state index in [4.69, 9.17) is 0 Å². The van der Waals surface area contributed by atoms with Crippen molar-refractivity contribution in [1.82, 2.24) is 28.9 Å². The number of ketones is 1. The molecule has 9 nitrogen and oxygen atoms in total. The van der Waals surface area contributed by atoms with E-state index in [9.17, 15) is 30.8 Å². The molecule has 0 spiro atoms. The van der Waals surface area contributed by atoms with Gasteiger partial charge in [0.05, 0.1) is 29.1 Å². The first kappa shape index (κ1) is 27.3. The Bertz CT molecular complexity index is 1750. The number of aromatic nitrogens is 5. The number of sulfonamides is 1. The number of halogens is 4. The second kappa shape index (κ2) is 9.58.